The molecule has 1 rings (SSSR count). The molecule has 1 atom stereocenters. The third-order valence-electron chi connectivity index (χ3n) is 3.05. The van der Waals surface area contributed by atoms with Gasteiger partial charge in [-0.2, -0.15) is 0 Å². The van der Waals surface area contributed by atoms with E-state index in [1.54, 1.807) is 0 Å². The van der Waals surface area contributed by atoms with Crippen LogP contribution in [0.2, 0.25) is 0 Å². The van der Waals surface area contributed by atoms with Crippen molar-refractivity contribution in [2.75, 3.05) is 6.54 Å². The van der Waals surface area contributed by atoms with Crippen LogP contribution in [0.15, 0.2) is 0 Å². The molecule has 1 N–H and O–H groups in total. The maximum Gasteiger partial charge on any atom is 0.00645 e. The van der Waals surface area contributed by atoms with Crippen LogP contribution in [0.1, 0.15) is 52.9 Å². The number of rotatable bonds is 6. The summed E-state index contributed by atoms with van der Waals surface area (Å²) >= 11 is 0. The highest BCUT2D eigenvalue weighted by atomic mass is 14.9. The van der Waals surface area contributed by atoms with E-state index >= 15 is 0 Å². The Labute approximate surface area is 76.9 Å². The molecule has 0 saturated heterocycles. The fourth-order valence-corrected chi connectivity index (χ4v) is 1.58. The first-order valence-electron chi connectivity index (χ1n) is 5.43. The predicted octanol–water partition coefficient (Wildman–Crippen LogP) is 2.95. The standard InChI is InChI=1S/C11H23N/c1-4-6-10(5-2)12-9-11(3)7-8-11/h10,12H,4-9H2,1-3H3. The van der Waals surface area contributed by atoms with E-state index in [9.17, 15) is 0 Å². The average molecular weight is 169 g/mol. The summed E-state index contributed by atoms with van der Waals surface area (Å²) in [4.78, 5) is 0. The van der Waals surface area contributed by atoms with Crippen molar-refractivity contribution in [3.63, 3.8) is 0 Å². The Balaban J connectivity index is 2.10. The molecule has 1 heteroatoms. The molecule has 72 valence electrons. The number of hydrogen-bond donors (Lipinski definition) is 1. The van der Waals surface area contributed by atoms with Crippen LogP contribution in [0.25, 0.3) is 0 Å². The second kappa shape index (κ2) is 4.27. The summed E-state index contributed by atoms with van der Waals surface area (Å²) in [5.74, 6) is 0. The van der Waals surface area contributed by atoms with Crippen molar-refractivity contribution < 1.29 is 0 Å². The van der Waals surface area contributed by atoms with Crippen LogP contribution in [0.4, 0.5) is 0 Å². The first kappa shape index (κ1) is 10.0. The van der Waals surface area contributed by atoms with Gasteiger partial charge < -0.3 is 5.32 Å². The van der Waals surface area contributed by atoms with E-state index in [4.69, 9.17) is 0 Å². The molecule has 1 aliphatic carbocycles. The van der Waals surface area contributed by atoms with Gasteiger partial charge in [-0.3, -0.25) is 0 Å². The molecule has 0 aromatic heterocycles. The van der Waals surface area contributed by atoms with E-state index in [1.807, 2.05) is 0 Å². The normalized spacial score (nSPS) is 22.2. The fourth-order valence-electron chi connectivity index (χ4n) is 1.58. The monoisotopic (exact) mass is 169 g/mol. The Kier molecular flexibility index (Phi) is 3.57. The number of hydrogen-bond acceptors (Lipinski definition) is 1. The molecule has 0 amide bonds. The zero-order valence-electron chi connectivity index (χ0n) is 8.82. The Morgan fingerprint density at radius 3 is 2.42 bits per heavy atom. The van der Waals surface area contributed by atoms with Crippen molar-refractivity contribution >= 4 is 0 Å². The van der Waals surface area contributed by atoms with Gasteiger partial charge in [0, 0.05) is 12.6 Å². The summed E-state index contributed by atoms with van der Waals surface area (Å²) in [6.45, 7) is 8.18. The summed E-state index contributed by atoms with van der Waals surface area (Å²) in [5.41, 5.74) is 0.668. The maximum atomic E-state index is 3.67. The summed E-state index contributed by atoms with van der Waals surface area (Å²) < 4.78 is 0. The minimum Gasteiger partial charge on any atom is -0.313 e. The Morgan fingerprint density at radius 2 is 2.00 bits per heavy atom. The van der Waals surface area contributed by atoms with Gasteiger partial charge in [0.25, 0.3) is 0 Å². The molecule has 1 nitrogen and oxygen atoms in total. The lowest BCUT2D eigenvalue weighted by molar-refractivity contribution is 0.405. The molecule has 0 aliphatic heterocycles. The lowest BCUT2D eigenvalue weighted by atomic mass is 10.1. The van der Waals surface area contributed by atoms with Gasteiger partial charge in [0.1, 0.15) is 0 Å². The second-order valence-corrected chi connectivity index (χ2v) is 4.59. The van der Waals surface area contributed by atoms with Crippen LogP contribution in [0.3, 0.4) is 0 Å². The van der Waals surface area contributed by atoms with E-state index in [-0.39, 0.29) is 0 Å². The van der Waals surface area contributed by atoms with Crippen LogP contribution in [0.5, 0.6) is 0 Å². The number of nitrogens with one attached hydrogen (secondary N) is 1. The van der Waals surface area contributed by atoms with Gasteiger partial charge in [-0.15, -0.1) is 0 Å². The molecule has 1 unspecified atom stereocenters. The molecule has 1 aliphatic rings. The van der Waals surface area contributed by atoms with Gasteiger partial charge in [-0.1, -0.05) is 27.2 Å². The highest BCUT2D eigenvalue weighted by Gasteiger charge is 2.36. The fraction of sp³-hybridized carbons (Fsp3) is 1.00. The quantitative estimate of drug-likeness (QED) is 0.644. The van der Waals surface area contributed by atoms with Crippen LogP contribution < -0.4 is 5.32 Å². The lowest BCUT2D eigenvalue weighted by Gasteiger charge is -2.18. The minimum absolute atomic E-state index is 0.668. The van der Waals surface area contributed by atoms with Crippen molar-refractivity contribution in [1.29, 1.82) is 0 Å². The summed E-state index contributed by atoms with van der Waals surface area (Å²) in [5, 5.41) is 3.67. The summed E-state index contributed by atoms with van der Waals surface area (Å²) in [7, 11) is 0. The second-order valence-electron chi connectivity index (χ2n) is 4.59. The molecule has 12 heavy (non-hydrogen) atoms. The first-order valence-corrected chi connectivity index (χ1v) is 5.43. The zero-order valence-corrected chi connectivity index (χ0v) is 8.82. The summed E-state index contributed by atoms with van der Waals surface area (Å²) in [6, 6.07) is 0.771. The van der Waals surface area contributed by atoms with Crippen molar-refractivity contribution in [1.82, 2.24) is 5.32 Å². The molecule has 1 fully saturated rings. The SMILES string of the molecule is CCCC(CC)NCC1(C)CC1. The largest absolute Gasteiger partial charge is 0.313 e. The molecule has 0 bridgehead atoms. The topological polar surface area (TPSA) is 12.0 Å². The van der Waals surface area contributed by atoms with Gasteiger partial charge in [-0.05, 0) is 31.1 Å². The van der Waals surface area contributed by atoms with Gasteiger partial charge in [0.05, 0.1) is 0 Å². The minimum atomic E-state index is 0.668. The van der Waals surface area contributed by atoms with E-state index in [0.29, 0.717) is 5.41 Å². The molecule has 0 aromatic rings. The van der Waals surface area contributed by atoms with Crippen molar-refractivity contribution in [3.8, 4) is 0 Å². The molecule has 1 saturated carbocycles. The van der Waals surface area contributed by atoms with Gasteiger partial charge in [-0.25, -0.2) is 0 Å². The van der Waals surface area contributed by atoms with Crippen LogP contribution >= 0.6 is 0 Å². The summed E-state index contributed by atoms with van der Waals surface area (Å²) in [6.07, 6.45) is 6.80. The smallest absolute Gasteiger partial charge is 0.00645 e. The van der Waals surface area contributed by atoms with Gasteiger partial charge in [0.15, 0.2) is 0 Å². The highest BCUT2D eigenvalue weighted by molar-refractivity contribution is 4.91. The van der Waals surface area contributed by atoms with Crippen molar-refractivity contribution in [3.05, 3.63) is 0 Å². The van der Waals surface area contributed by atoms with E-state index in [0.717, 1.165) is 6.04 Å². The third-order valence-corrected chi connectivity index (χ3v) is 3.05. The van der Waals surface area contributed by atoms with Crippen molar-refractivity contribution in [2.45, 2.75) is 58.9 Å². The van der Waals surface area contributed by atoms with Crippen molar-refractivity contribution in [2.24, 2.45) is 5.41 Å². The Morgan fingerprint density at radius 1 is 1.33 bits per heavy atom. The zero-order chi connectivity index (χ0) is 9.03. The lowest BCUT2D eigenvalue weighted by Crippen LogP contribution is -2.32. The van der Waals surface area contributed by atoms with E-state index < -0.39 is 0 Å². The Bertz CT molecular complexity index is 127. The maximum absolute atomic E-state index is 3.67. The molecular weight excluding hydrogens is 146 g/mol. The van der Waals surface area contributed by atoms with Gasteiger partial charge >= 0.3 is 0 Å². The predicted molar refractivity (Wildman–Crippen MR) is 54.3 cm³/mol. The first-order chi connectivity index (χ1) is 5.70. The molecular formula is C11H23N. The molecule has 0 aromatic carbocycles. The highest BCUT2D eigenvalue weighted by Crippen LogP contribution is 2.44. The molecule has 0 heterocycles. The van der Waals surface area contributed by atoms with E-state index in [2.05, 4.69) is 26.1 Å². The third kappa shape index (κ3) is 3.14. The van der Waals surface area contributed by atoms with Crippen LogP contribution in [0, 0.1) is 5.41 Å². The Hall–Kier alpha value is -0.0400. The van der Waals surface area contributed by atoms with Gasteiger partial charge in [0.2, 0.25) is 0 Å². The molecule has 0 spiro atoms. The van der Waals surface area contributed by atoms with Crippen LogP contribution in [-0.4, -0.2) is 12.6 Å². The van der Waals surface area contributed by atoms with E-state index in [1.165, 1.54) is 38.6 Å². The average Bonchev–Trinajstić information content (AvgIpc) is 2.78. The van der Waals surface area contributed by atoms with Crippen LogP contribution in [-0.2, 0) is 0 Å². The molecule has 0 radical (unpaired) electrons.